The Kier molecular flexibility index (Phi) is 5.61. The summed E-state index contributed by atoms with van der Waals surface area (Å²) in [5.74, 6) is 1.57. The summed E-state index contributed by atoms with van der Waals surface area (Å²) in [6.07, 6.45) is 6.45. The third-order valence-electron chi connectivity index (χ3n) is 3.36. The molecule has 0 saturated carbocycles. The van der Waals surface area contributed by atoms with Crippen molar-refractivity contribution in [1.29, 1.82) is 0 Å². The molecule has 5 nitrogen and oxygen atoms in total. The molecule has 0 aliphatic heterocycles. The first-order valence-electron chi connectivity index (χ1n) is 7.46. The molecule has 0 bridgehead atoms. The molecule has 0 amide bonds. The fourth-order valence-corrected chi connectivity index (χ4v) is 2.84. The van der Waals surface area contributed by atoms with Crippen molar-refractivity contribution in [3.05, 3.63) is 23.5 Å². The minimum Gasteiger partial charge on any atom is -0.354 e. The number of hydrogen-bond donors (Lipinski definition) is 2. The van der Waals surface area contributed by atoms with Crippen molar-refractivity contribution in [1.82, 2.24) is 20.0 Å². The first kappa shape index (κ1) is 15.8. The SMILES string of the molecule is CN=C(NCc1cn2ccsc2n1)NC(C)CCC(C)C. The lowest BCUT2D eigenvalue weighted by Gasteiger charge is -2.18. The van der Waals surface area contributed by atoms with Crippen molar-refractivity contribution in [2.75, 3.05) is 7.05 Å². The van der Waals surface area contributed by atoms with Crippen LogP contribution in [0.1, 0.15) is 39.3 Å². The number of rotatable bonds is 6. The zero-order chi connectivity index (χ0) is 15.2. The van der Waals surface area contributed by atoms with E-state index in [2.05, 4.69) is 41.4 Å². The smallest absolute Gasteiger partial charge is 0.193 e. The molecule has 2 aromatic heterocycles. The Morgan fingerprint density at radius 2 is 2.19 bits per heavy atom. The van der Waals surface area contributed by atoms with Crippen molar-refractivity contribution in [3.63, 3.8) is 0 Å². The maximum Gasteiger partial charge on any atom is 0.193 e. The minimum atomic E-state index is 0.420. The van der Waals surface area contributed by atoms with Gasteiger partial charge in [0.2, 0.25) is 0 Å². The van der Waals surface area contributed by atoms with Gasteiger partial charge in [-0.25, -0.2) is 4.98 Å². The van der Waals surface area contributed by atoms with E-state index in [1.54, 1.807) is 18.4 Å². The molecule has 0 spiro atoms. The number of imidazole rings is 1. The van der Waals surface area contributed by atoms with Crippen LogP contribution in [0.3, 0.4) is 0 Å². The van der Waals surface area contributed by atoms with Crippen LogP contribution in [0.15, 0.2) is 22.8 Å². The first-order chi connectivity index (χ1) is 10.1. The van der Waals surface area contributed by atoms with Crippen LogP contribution in [0.4, 0.5) is 0 Å². The van der Waals surface area contributed by atoms with Gasteiger partial charge in [-0.1, -0.05) is 13.8 Å². The molecule has 2 heterocycles. The second-order valence-corrected chi connectivity index (χ2v) is 6.64. The van der Waals surface area contributed by atoms with Crippen molar-refractivity contribution in [2.45, 2.75) is 46.2 Å². The number of thiazole rings is 1. The van der Waals surface area contributed by atoms with Gasteiger partial charge in [0.15, 0.2) is 10.9 Å². The van der Waals surface area contributed by atoms with E-state index in [1.165, 1.54) is 6.42 Å². The van der Waals surface area contributed by atoms with E-state index in [0.29, 0.717) is 12.6 Å². The van der Waals surface area contributed by atoms with Crippen LogP contribution in [0.2, 0.25) is 0 Å². The van der Waals surface area contributed by atoms with Gasteiger partial charge in [0.1, 0.15) is 0 Å². The Bertz CT molecular complexity index is 555. The molecule has 0 aromatic carbocycles. The fraction of sp³-hybridized carbons (Fsp3) is 0.600. The Hall–Kier alpha value is -1.56. The summed E-state index contributed by atoms with van der Waals surface area (Å²) < 4.78 is 2.04. The second-order valence-electron chi connectivity index (χ2n) is 5.77. The zero-order valence-electron chi connectivity index (χ0n) is 13.3. The van der Waals surface area contributed by atoms with Gasteiger partial charge in [-0.05, 0) is 25.7 Å². The van der Waals surface area contributed by atoms with E-state index < -0.39 is 0 Å². The Balaban J connectivity index is 1.81. The van der Waals surface area contributed by atoms with Crippen LogP contribution in [-0.2, 0) is 6.54 Å². The van der Waals surface area contributed by atoms with Crippen LogP contribution in [-0.4, -0.2) is 28.4 Å². The molecule has 1 unspecified atom stereocenters. The lowest BCUT2D eigenvalue weighted by Crippen LogP contribution is -2.42. The van der Waals surface area contributed by atoms with Crippen LogP contribution in [0.25, 0.3) is 4.96 Å². The largest absolute Gasteiger partial charge is 0.354 e. The highest BCUT2D eigenvalue weighted by atomic mass is 32.1. The molecule has 6 heteroatoms. The van der Waals surface area contributed by atoms with Crippen LogP contribution < -0.4 is 10.6 Å². The lowest BCUT2D eigenvalue weighted by atomic mass is 10.0. The Morgan fingerprint density at radius 1 is 1.38 bits per heavy atom. The number of aromatic nitrogens is 2. The molecule has 21 heavy (non-hydrogen) atoms. The van der Waals surface area contributed by atoms with Crippen molar-refractivity contribution < 1.29 is 0 Å². The quantitative estimate of drug-likeness (QED) is 0.637. The molecule has 0 radical (unpaired) electrons. The lowest BCUT2D eigenvalue weighted by molar-refractivity contribution is 0.489. The van der Waals surface area contributed by atoms with Gasteiger partial charge in [0.25, 0.3) is 0 Å². The number of nitrogens with one attached hydrogen (secondary N) is 2. The van der Waals surface area contributed by atoms with Gasteiger partial charge < -0.3 is 10.6 Å². The predicted octanol–water partition coefficient (Wildman–Crippen LogP) is 2.89. The molecule has 0 aliphatic rings. The number of aliphatic imine (C=N–C) groups is 1. The summed E-state index contributed by atoms with van der Waals surface area (Å²) in [5, 5.41) is 8.79. The molecule has 0 saturated heterocycles. The van der Waals surface area contributed by atoms with E-state index in [9.17, 15) is 0 Å². The predicted molar refractivity (Wildman–Crippen MR) is 89.9 cm³/mol. The molecule has 2 rings (SSSR count). The monoisotopic (exact) mass is 307 g/mol. The van der Waals surface area contributed by atoms with E-state index in [4.69, 9.17) is 0 Å². The first-order valence-corrected chi connectivity index (χ1v) is 8.34. The highest BCUT2D eigenvalue weighted by molar-refractivity contribution is 7.15. The second kappa shape index (κ2) is 7.45. The molecular formula is C15H25N5S. The van der Waals surface area contributed by atoms with E-state index >= 15 is 0 Å². The van der Waals surface area contributed by atoms with Crippen LogP contribution in [0, 0.1) is 5.92 Å². The molecule has 2 N–H and O–H groups in total. The summed E-state index contributed by atoms with van der Waals surface area (Å²) in [5.41, 5.74) is 1.03. The van der Waals surface area contributed by atoms with E-state index in [1.807, 2.05) is 22.2 Å². The normalized spacial score (nSPS) is 13.9. The Morgan fingerprint density at radius 3 is 2.86 bits per heavy atom. The van der Waals surface area contributed by atoms with Crippen molar-refractivity contribution >= 4 is 22.3 Å². The summed E-state index contributed by atoms with van der Waals surface area (Å²) in [7, 11) is 1.80. The van der Waals surface area contributed by atoms with E-state index in [0.717, 1.165) is 29.0 Å². The maximum atomic E-state index is 4.55. The standard InChI is InChI=1S/C15H25N5S/c1-11(2)5-6-12(3)18-14(16-4)17-9-13-10-20-7-8-21-15(20)19-13/h7-8,10-12H,5-6,9H2,1-4H3,(H2,16,17,18). The van der Waals surface area contributed by atoms with Crippen molar-refractivity contribution in [3.8, 4) is 0 Å². The van der Waals surface area contributed by atoms with Gasteiger partial charge in [0, 0.05) is 30.9 Å². The number of nitrogens with zero attached hydrogens (tertiary/aromatic N) is 3. The topological polar surface area (TPSA) is 53.7 Å². The fourth-order valence-electron chi connectivity index (χ4n) is 2.12. The van der Waals surface area contributed by atoms with E-state index in [-0.39, 0.29) is 0 Å². The Labute approximate surface area is 130 Å². The molecule has 1 atom stereocenters. The third-order valence-corrected chi connectivity index (χ3v) is 4.13. The number of fused-ring (bicyclic) bond motifs is 1. The van der Waals surface area contributed by atoms with Crippen LogP contribution in [0.5, 0.6) is 0 Å². The summed E-state index contributed by atoms with van der Waals surface area (Å²) in [6.45, 7) is 7.39. The van der Waals surface area contributed by atoms with Gasteiger partial charge in [-0.3, -0.25) is 9.39 Å². The molecule has 0 aliphatic carbocycles. The number of hydrogen-bond acceptors (Lipinski definition) is 3. The van der Waals surface area contributed by atoms with Crippen LogP contribution >= 0.6 is 11.3 Å². The third kappa shape index (κ3) is 4.74. The molecule has 0 fully saturated rings. The summed E-state index contributed by atoms with van der Waals surface area (Å²) >= 11 is 1.65. The average molecular weight is 307 g/mol. The highest BCUT2D eigenvalue weighted by Crippen LogP contribution is 2.11. The zero-order valence-corrected chi connectivity index (χ0v) is 14.1. The number of guanidine groups is 1. The molecular weight excluding hydrogens is 282 g/mol. The van der Waals surface area contributed by atoms with Crippen molar-refractivity contribution in [2.24, 2.45) is 10.9 Å². The molecule has 116 valence electrons. The van der Waals surface area contributed by atoms with Gasteiger partial charge in [-0.15, -0.1) is 11.3 Å². The minimum absolute atomic E-state index is 0.420. The van der Waals surface area contributed by atoms with Gasteiger partial charge >= 0.3 is 0 Å². The van der Waals surface area contributed by atoms with Gasteiger partial charge in [-0.2, -0.15) is 0 Å². The molecule has 2 aromatic rings. The summed E-state index contributed by atoms with van der Waals surface area (Å²) in [6, 6.07) is 0.420. The van der Waals surface area contributed by atoms with Gasteiger partial charge in [0.05, 0.1) is 12.2 Å². The maximum absolute atomic E-state index is 4.55. The average Bonchev–Trinajstić information content (AvgIpc) is 3.02. The highest BCUT2D eigenvalue weighted by Gasteiger charge is 2.07. The summed E-state index contributed by atoms with van der Waals surface area (Å²) in [4.78, 5) is 9.86.